The third-order valence-corrected chi connectivity index (χ3v) is 2.37. The van der Waals surface area contributed by atoms with Gasteiger partial charge in [-0.25, -0.2) is 0 Å². The summed E-state index contributed by atoms with van der Waals surface area (Å²) in [5, 5.41) is 8.84. The van der Waals surface area contributed by atoms with Crippen molar-refractivity contribution in [2.75, 3.05) is 13.2 Å². The normalized spacial score (nSPS) is 21.1. The molecule has 4 nitrogen and oxygen atoms in total. The molecule has 0 spiro atoms. The second kappa shape index (κ2) is 4.51. The van der Waals surface area contributed by atoms with Crippen molar-refractivity contribution in [2.24, 2.45) is 5.73 Å². The van der Waals surface area contributed by atoms with Gasteiger partial charge in [0, 0.05) is 12.5 Å². The number of benzene rings is 1. The van der Waals surface area contributed by atoms with Gasteiger partial charge in [-0.15, -0.1) is 0 Å². The van der Waals surface area contributed by atoms with Crippen molar-refractivity contribution in [2.45, 2.75) is 18.6 Å². The Labute approximate surface area is 88.6 Å². The van der Waals surface area contributed by atoms with Crippen LogP contribution in [0, 0.1) is 0 Å². The van der Waals surface area contributed by atoms with Crippen LogP contribution in [0.1, 0.15) is 6.42 Å². The highest BCUT2D eigenvalue weighted by Crippen LogP contribution is 2.31. The summed E-state index contributed by atoms with van der Waals surface area (Å²) in [7, 11) is 0. The number of hydrogen-bond acceptors (Lipinski definition) is 4. The molecule has 15 heavy (non-hydrogen) atoms. The topological polar surface area (TPSA) is 64.7 Å². The van der Waals surface area contributed by atoms with Gasteiger partial charge >= 0.3 is 0 Å². The summed E-state index contributed by atoms with van der Waals surface area (Å²) in [6.45, 7) is 0.465. The fourth-order valence-corrected chi connectivity index (χ4v) is 1.59. The van der Waals surface area contributed by atoms with Gasteiger partial charge in [0.2, 0.25) is 0 Å². The zero-order valence-corrected chi connectivity index (χ0v) is 8.43. The van der Waals surface area contributed by atoms with Gasteiger partial charge in [0.1, 0.15) is 12.7 Å². The predicted molar refractivity (Wildman–Crippen MR) is 56.0 cm³/mol. The lowest BCUT2D eigenvalue weighted by Crippen LogP contribution is -2.37. The zero-order chi connectivity index (χ0) is 10.7. The second-order valence-corrected chi connectivity index (χ2v) is 3.68. The largest absolute Gasteiger partial charge is 0.486 e. The first-order chi connectivity index (χ1) is 7.29. The van der Waals surface area contributed by atoms with Crippen molar-refractivity contribution in [3.05, 3.63) is 24.3 Å². The van der Waals surface area contributed by atoms with E-state index in [0.717, 1.165) is 11.5 Å². The minimum Gasteiger partial charge on any atom is -0.486 e. The molecule has 0 fully saturated rings. The lowest BCUT2D eigenvalue weighted by Gasteiger charge is -2.27. The van der Waals surface area contributed by atoms with Crippen LogP contribution in [0.15, 0.2) is 24.3 Å². The number of hydrogen-bond donors (Lipinski definition) is 2. The third kappa shape index (κ3) is 2.40. The van der Waals surface area contributed by atoms with Gasteiger partial charge in [0.05, 0.1) is 6.61 Å². The van der Waals surface area contributed by atoms with E-state index in [2.05, 4.69) is 0 Å². The standard InChI is InChI=1S/C11H15NO3/c12-8(6-13)5-9-7-14-10-3-1-2-4-11(10)15-9/h1-4,8-9,13H,5-7,12H2. The molecule has 0 radical (unpaired) electrons. The third-order valence-electron chi connectivity index (χ3n) is 2.37. The summed E-state index contributed by atoms with van der Waals surface area (Å²) in [6, 6.07) is 7.30. The van der Waals surface area contributed by atoms with Crippen molar-refractivity contribution in [3.63, 3.8) is 0 Å². The summed E-state index contributed by atoms with van der Waals surface area (Å²) in [4.78, 5) is 0. The summed E-state index contributed by atoms with van der Waals surface area (Å²) >= 11 is 0. The van der Waals surface area contributed by atoms with Gasteiger partial charge in [-0.3, -0.25) is 0 Å². The number of rotatable bonds is 3. The second-order valence-electron chi connectivity index (χ2n) is 3.68. The van der Waals surface area contributed by atoms with E-state index in [4.69, 9.17) is 20.3 Å². The fraction of sp³-hybridized carbons (Fsp3) is 0.455. The molecule has 2 atom stereocenters. The van der Waals surface area contributed by atoms with Gasteiger partial charge in [-0.05, 0) is 12.1 Å². The van der Waals surface area contributed by atoms with E-state index in [-0.39, 0.29) is 18.8 Å². The fourth-order valence-electron chi connectivity index (χ4n) is 1.59. The molecule has 0 saturated carbocycles. The summed E-state index contributed by atoms with van der Waals surface area (Å²) in [6.07, 6.45) is 0.534. The Morgan fingerprint density at radius 1 is 1.40 bits per heavy atom. The first kappa shape index (κ1) is 10.3. The predicted octanol–water partition coefficient (Wildman–Crippen LogP) is 0.536. The monoisotopic (exact) mass is 209 g/mol. The Morgan fingerprint density at radius 3 is 2.87 bits per heavy atom. The number of aliphatic hydroxyl groups excluding tert-OH is 1. The molecule has 1 aliphatic heterocycles. The van der Waals surface area contributed by atoms with Crippen molar-refractivity contribution >= 4 is 0 Å². The van der Waals surface area contributed by atoms with Crippen LogP contribution >= 0.6 is 0 Å². The van der Waals surface area contributed by atoms with Crippen molar-refractivity contribution < 1.29 is 14.6 Å². The molecular weight excluding hydrogens is 194 g/mol. The van der Waals surface area contributed by atoms with Crippen LogP contribution in [0.4, 0.5) is 0 Å². The molecule has 1 aromatic rings. The van der Waals surface area contributed by atoms with E-state index in [1.54, 1.807) is 0 Å². The van der Waals surface area contributed by atoms with E-state index in [9.17, 15) is 0 Å². The molecule has 0 aliphatic carbocycles. The van der Waals surface area contributed by atoms with Crippen molar-refractivity contribution in [1.29, 1.82) is 0 Å². The minimum atomic E-state index is -0.246. The van der Waals surface area contributed by atoms with Crippen molar-refractivity contribution in [1.82, 2.24) is 0 Å². The lowest BCUT2D eigenvalue weighted by molar-refractivity contribution is 0.0738. The molecule has 2 rings (SSSR count). The average molecular weight is 209 g/mol. The molecular formula is C11H15NO3. The smallest absolute Gasteiger partial charge is 0.161 e. The van der Waals surface area contributed by atoms with Crippen molar-refractivity contribution in [3.8, 4) is 11.5 Å². The molecule has 2 unspecified atom stereocenters. The van der Waals surface area contributed by atoms with Crippen LogP contribution < -0.4 is 15.2 Å². The van der Waals surface area contributed by atoms with Crippen LogP contribution in [0.2, 0.25) is 0 Å². The number of aliphatic hydroxyl groups is 1. The van der Waals surface area contributed by atoms with Crippen LogP contribution in [0.5, 0.6) is 11.5 Å². The lowest BCUT2D eigenvalue weighted by atomic mass is 10.1. The van der Waals surface area contributed by atoms with Crippen LogP contribution in [0.3, 0.4) is 0 Å². The summed E-state index contributed by atoms with van der Waals surface area (Å²) in [5.74, 6) is 1.52. The SMILES string of the molecule is NC(CO)CC1COc2ccccc2O1. The number of fused-ring (bicyclic) bond motifs is 1. The zero-order valence-electron chi connectivity index (χ0n) is 8.43. The quantitative estimate of drug-likeness (QED) is 0.762. The van der Waals surface area contributed by atoms with Gasteiger partial charge < -0.3 is 20.3 Å². The van der Waals surface area contributed by atoms with Gasteiger partial charge in [0.15, 0.2) is 11.5 Å². The van der Waals surface area contributed by atoms with Crippen LogP contribution in [0.25, 0.3) is 0 Å². The highest BCUT2D eigenvalue weighted by atomic mass is 16.6. The first-order valence-corrected chi connectivity index (χ1v) is 5.04. The van der Waals surface area contributed by atoms with Gasteiger partial charge in [-0.1, -0.05) is 12.1 Å². The first-order valence-electron chi connectivity index (χ1n) is 5.04. The molecule has 0 bridgehead atoms. The molecule has 1 aromatic carbocycles. The number of para-hydroxylation sites is 2. The summed E-state index contributed by atoms with van der Waals surface area (Å²) in [5.41, 5.74) is 5.64. The molecule has 0 aromatic heterocycles. The minimum absolute atomic E-state index is 0.0263. The maximum atomic E-state index is 8.84. The van der Waals surface area contributed by atoms with Crippen LogP contribution in [-0.2, 0) is 0 Å². The molecule has 0 amide bonds. The van der Waals surface area contributed by atoms with Gasteiger partial charge in [0.25, 0.3) is 0 Å². The molecule has 4 heteroatoms. The van der Waals surface area contributed by atoms with E-state index < -0.39 is 0 Å². The molecule has 3 N–H and O–H groups in total. The molecule has 82 valence electrons. The number of nitrogens with two attached hydrogens (primary N) is 1. The van der Waals surface area contributed by atoms with E-state index >= 15 is 0 Å². The van der Waals surface area contributed by atoms with Crippen LogP contribution in [-0.4, -0.2) is 30.5 Å². The Hall–Kier alpha value is -1.26. The molecule has 1 heterocycles. The highest BCUT2D eigenvalue weighted by molar-refractivity contribution is 5.40. The number of ether oxygens (including phenoxy) is 2. The van der Waals surface area contributed by atoms with Gasteiger partial charge in [-0.2, -0.15) is 0 Å². The van der Waals surface area contributed by atoms with E-state index in [1.807, 2.05) is 24.3 Å². The Kier molecular flexibility index (Phi) is 3.08. The Morgan fingerprint density at radius 2 is 2.13 bits per heavy atom. The Balaban J connectivity index is 1.99. The van der Waals surface area contributed by atoms with E-state index in [0.29, 0.717) is 13.0 Å². The van der Waals surface area contributed by atoms with E-state index in [1.165, 1.54) is 0 Å². The molecule has 0 saturated heterocycles. The molecule has 1 aliphatic rings. The average Bonchev–Trinajstić information content (AvgIpc) is 2.29. The maximum absolute atomic E-state index is 8.84. The highest BCUT2D eigenvalue weighted by Gasteiger charge is 2.22. The Bertz CT molecular complexity index is 329. The summed E-state index contributed by atoms with van der Waals surface area (Å²) < 4.78 is 11.2. The maximum Gasteiger partial charge on any atom is 0.161 e.